The molecule has 1 aliphatic heterocycles. The zero-order valence-electron chi connectivity index (χ0n) is 13.8. The van der Waals surface area contributed by atoms with Crippen molar-refractivity contribution in [3.63, 3.8) is 0 Å². The Morgan fingerprint density at radius 1 is 1.16 bits per heavy atom. The molecule has 0 fully saturated rings. The van der Waals surface area contributed by atoms with Crippen LogP contribution in [0.4, 0.5) is 0 Å². The lowest BCUT2D eigenvalue weighted by Crippen LogP contribution is -2.27. The predicted molar refractivity (Wildman–Crippen MR) is 93.0 cm³/mol. The smallest absolute Gasteiger partial charge is 0.224 e. The topological polar surface area (TPSA) is 64.9 Å². The number of ether oxygens (including phenoxy) is 2. The summed E-state index contributed by atoms with van der Waals surface area (Å²) in [5.41, 5.74) is 2.79. The van der Waals surface area contributed by atoms with E-state index in [1.807, 2.05) is 53.2 Å². The molecule has 1 aliphatic rings. The van der Waals surface area contributed by atoms with Crippen LogP contribution in [0.15, 0.2) is 48.8 Å². The van der Waals surface area contributed by atoms with Gasteiger partial charge in [0.1, 0.15) is 18.9 Å². The normalized spacial score (nSPS) is 13.0. The van der Waals surface area contributed by atoms with Gasteiger partial charge in [-0.15, -0.1) is 0 Å². The monoisotopic (exact) mass is 337 g/mol. The number of nitrogens with one attached hydrogen (secondary N) is 1. The van der Waals surface area contributed by atoms with E-state index in [1.54, 1.807) is 0 Å². The number of imidazole rings is 1. The van der Waals surface area contributed by atoms with E-state index >= 15 is 0 Å². The van der Waals surface area contributed by atoms with Gasteiger partial charge in [0.2, 0.25) is 5.91 Å². The Morgan fingerprint density at radius 2 is 2.04 bits per heavy atom. The SMILES string of the molecule is O=C(Cc1ccc2c(c1)OCCO2)NCCc1cn2ccccc2n1. The van der Waals surface area contributed by atoms with Crippen LogP contribution in [0.5, 0.6) is 11.5 Å². The Labute approximate surface area is 145 Å². The second-order valence-electron chi connectivity index (χ2n) is 5.95. The molecule has 3 heterocycles. The summed E-state index contributed by atoms with van der Waals surface area (Å²) in [6.45, 7) is 1.67. The van der Waals surface area contributed by atoms with Crippen molar-refractivity contribution in [1.29, 1.82) is 0 Å². The molecule has 0 spiro atoms. The highest BCUT2D eigenvalue weighted by molar-refractivity contribution is 5.78. The van der Waals surface area contributed by atoms with Crippen molar-refractivity contribution >= 4 is 11.6 Å². The van der Waals surface area contributed by atoms with Crippen LogP contribution in [0, 0.1) is 0 Å². The van der Waals surface area contributed by atoms with Gasteiger partial charge in [0, 0.05) is 25.4 Å². The van der Waals surface area contributed by atoms with Crippen LogP contribution in [0.2, 0.25) is 0 Å². The van der Waals surface area contributed by atoms with E-state index in [9.17, 15) is 4.79 Å². The molecule has 25 heavy (non-hydrogen) atoms. The summed E-state index contributed by atoms with van der Waals surface area (Å²) in [7, 11) is 0. The number of pyridine rings is 1. The van der Waals surface area contributed by atoms with Crippen LogP contribution >= 0.6 is 0 Å². The molecule has 0 bridgehead atoms. The summed E-state index contributed by atoms with van der Waals surface area (Å²) >= 11 is 0. The molecule has 128 valence electrons. The lowest BCUT2D eigenvalue weighted by Gasteiger charge is -2.18. The fraction of sp³-hybridized carbons (Fsp3) is 0.263. The summed E-state index contributed by atoms with van der Waals surface area (Å²) in [6, 6.07) is 11.5. The van der Waals surface area contributed by atoms with Crippen molar-refractivity contribution in [3.05, 3.63) is 60.0 Å². The Balaban J connectivity index is 1.30. The van der Waals surface area contributed by atoms with E-state index in [0.717, 1.165) is 22.7 Å². The van der Waals surface area contributed by atoms with Crippen LogP contribution in [0.25, 0.3) is 5.65 Å². The summed E-state index contributed by atoms with van der Waals surface area (Å²) in [6.07, 6.45) is 4.98. The van der Waals surface area contributed by atoms with Crippen molar-refractivity contribution < 1.29 is 14.3 Å². The maximum atomic E-state index is 12.1. The maximum absolute atomic E-state index is 12.1. The Kier molecular flexibility index (Phi) is 4.24. The number of hydrogen-bond donors (Lipinski definition) is 1. The first-order chi connectivity index (χ1) is 12.3. The van der Waals surface area contributed by atoms with E-state index in [2.05, 4.69) is 10.3 Å². The summed E-state index contributed by atoms with van der Waals surface area (Å²) < 4.78 is 13.0. The molecular formula is C19H19N3O3. The number of rotatable bonds is 5. The molecule has 3 aromatic rings. The number of amides is 1. The Morgan fingerprint density at radius 3 is 2.92 bits per heavy atom. The van der Waals surface area contributed by atoms with Gasteiger partial charge >= 0.3 is 0 Å². The average Bonchev–Trinajstić information content (AvgIpc) is 3.04. The summed E-state index contributed by atoms with van der Waals surface area (Å²) in [5.74, 6) is 1.43. The molecule has 0 radical (unpaired) electrons. The minimum Gasteiger partial charge on any atom is -0.486 e. The van der Waals surface area contributed by atoms with Crippen LogP contribution in [-0.2, 0) is 17.6 Å². The summed E-state index contributed by atoms with van der Waals surface area (Å²) in [5, 5.41) is 2.94. The molecule has 0 unspecified atom stereocenters. The van der Waals surface area contributed by atoms with Crippen molar-refractivity contribution in [2.24, 2.45) is 0 Å². The van der Waals surface area contributed by atoms with Gasteiger partial charge in [-0.3, -0.25) is 4.79 Å². The lowest BCUT2D eigenvalue weighted by atomic mass is 10.1. The number of nitrogens with zero attached hydrogens (tertiary/aromatic N) is 2. The van der Waals surface area contributed by atoms with Gasteiger partial charge < -0.3 is 19.2 Å². The molecule has 0 aliphatic carbocycles. The number of carbonyl (C=O) groups excluding carboxylic acids is 1. The second kappa shape index (κ2) is 6.84. The molecule has 2 aromatic heterocycles. The van der Waals surface area contributed by atoms with Gasteiger partial charge in [-0.05, 0) is 29.8 Å². The van der Waals surface area contributed by atoms with Gasteiger partial charge in [0.15, 0.2) is 11.5 Å². The number of aromatic nitrogens is 2. The van der Waals surface area contributed by atoms with E-state index in [1.165, 1.54) is 0 Å². The molecular weight excluding hydrogens is 318 g/mol. The van der Waals surface area contributed by atoms with Crippen molar-refractivity contribution in [1.82, 2.24) is 14.7 Å². The van der Waals surface area contributed by atoms with Crippen molar-refractivity contribution in [2.45, 2.75) is 12.8 Å². The van der Waals surface area contributed by atoms with E-state index < -0.39 is 0 Å². The van der Waals surface area contributed by atoms with Gasteiger partial charge in [0.25, 0.3) is 0 Å². The first-order valence-corrected chi connectivity index (χ1v) is 8.36. The third-order valence-corrected chi connectivity index (χ3v) is 4.09. The minimum atomic E-state index is -0.0135. The third-order valence-electron chi connectivity index (χ3n) is 4.09. The standard InChI is InChI=1S/C19H19N3O3/c23-19(12-14-4-5-16-17(11-14)25-10-9-24-16)20-7-6-15-13-22-8-2-1-3-18(22)21-15/h1-5,8,11,13H,6-7,9-10,12H2,(H,20,23). The number of fused-ring (bicyclic) bond motifs is 2. The van der Waals surface area contributed by atoms with Crippen LogP contribution in [-0.4, -0.2) is 35.1 Å². The van der Waals surface area contributed by atoms with Crippen molar-refractivity contribution in [2.75, 3.05) is 19.8 Å². The zero-order chi connectivity index (χ0) is 17.1. The molecule has 6 nitrogen and oxygen atoms in total. The quantitative estimate of drug-likeness (QED) is 0.773. The molecule has 0 atom stereocenters. The number of hydrogen-bond acceptors (Lipinski definition) is 4. The molecule has 1 amide bonds. The molecule has 0 saturated carbocycles. The van der Waals surface area contributed by atoms with Crippen LogP contribution in [0.1, 0.15) is 11.3 Å². The van der Waals surface area contributed by atoms with Crippen LogP contribution in [0.3, 0.4) is 0 Å². The highest BCUT2D eigenvalue weighted by Gasteiger charge is 2.13. The molecule has 4 rings (SSSR count). The van der Waals surface area contributed by atoms with Gasteiger partial charge in [-0.2, -0.15) is 0 Å². The second-order valence-corrected chi connectivity index (χ2v) is 5.95. The molecule has 1 aromatic carbocycles. The zero-order valence-corrected chi connectivity index (χ0v) is 13.8. The highest BCUT2D eigenvalue weighted by Crippen LogP contribution is 2.30. The minimum absolute atomic E-state index is 0.0135. The fourth-order valence-electron chi connectivity index (χ4n) is 2.88. The van der Waals surface area contributed by atoms with E-state index in [-0.39, 0.29) is 5.91 Å². The van der Waals surface area contributed by atoms with Gasteiger partial charge in [0.05, 0.1) is 12.1 Å². The highest BCUT2D eigenvalue weighted by atomic mass is 16.6. The Hall–Kier alpha value is -3.02. The molecule has 0 saturated heterocycles. The summed E-state index contributed by atoms with van der Waals surface area (Å²) in [4.78, 5) is 16.7. The van der Waals surface area contributed by atoms with E-state index in [4.69, 9.17) is 9.47 Å². The average molecular weight is 337 g/mol. The largest absolute Gasteiger partial charge is 0.486 e. The molecule has 6 heteroatoms. The number of carbonyl (C=O) groups is 1. The van der Waals surface area contributed by atoms with Gasteiger partial charge in [-0.25, -0.2) is 4.98 Å². The fourth-order valence-corrected chi connectivity index (χ4v) is 2.88. The lowest BCUT2D eigenvalue weighted by molar-refractivity contribution is -0.120. The first kappa shape index (κ1) is 15.5. The van der Waals surface area contributed by atoms with Gasteiger partial charge in [-0.1, -0.05) is 12.1 Å². The maximum Gasteiger partial charge on any atom is 0.224 e. The number of benzene rings is 1. The predicted octanol–water partition coefficient (Wildman–Crippen LogP) is 2.01. The Bertz CT molecular complexity index is 871. The molecule has 1 N–H and O–H groups in total. The van der Waals surface area contributed by atoms with E-state index in [0.29, 0.717) is 38.3 Å². The van der Waals surface area contributed by atoms with Crippen molar-refractivity contribution in [3.8, 4) is 11.5 Å². The third kappa shape index (κ3) is 3.57. The first-order valence-electron chi connectivity index (χ1n) is 8.36. The van der Waals surface area contributed by atoms with Crippen LogP contribution < -0.4 is 14.8 Å².